The number of carboxylic acid groups (broad SMARTS) is 1. The zero-order valence-electron chi connectivity index (χ0n) is 35.9. The number of nitrogens with two attached hydrogens (primary N) is 1. The van der Waals surface area contributed by atoms with Gasteiger partial charge in [0.1, 0.15) is 36.3 Å². The first-order valence-electron chi connectivity index (χ1n) is 15.6. The van der Waals surface area contributed by atoms with E-state index in [1.165, 1.54) is 0 Å². The van der Waals surface area contributed by atoms with Crippen LogP contribution in [0, 0.1) is 11.3 Å². The Morgan fingerprint density at radius 2 is 1.51 bits per heavy atom. The molecule has 2 amide bonds. The zero-order valence-corrected chi connectivity index (χ0v) is 39.4. The number of aromatic nitrogens is 4. The van der Waals surface area contributed by atoms with Crippen LogP contribution in [0.4, 0.5) is 5.82 Å². The Morgan fingerprint density at radius 1 is 0.954 bits per heavy atom. The number of rotatable bonds is 21. The molecule has 4 unspecified atom stereocenters. The SMILES string of the molecule is CC(C(=O)[O-])C(=O)SCCNC(=O)CCNC(=O)[C@H](O)C(C)(C)COP(=O)([O-])OP(=O)([O-])OC[C@H]1O[C@@H](n2cnc3c(N)ncnc32)[C@H](O)[C@@H]1OP(=O)([O-])O.O.O.O.O.O.O.[Li+].[Li+].[Li+].[Li+]. The van der Waals surface area contributed by atoms with Crippen molar-refractivity contribution in [2.45, 2.75) is 57.8 Å². The fourth-order valence-electron chi connectivity index (χ4n) is 4.48. The number of aliphatic hydroxyl groups excluding tert-OH is 2. The van der Waals surface area contributed by atoms with Crippen LogP contribution in [0.2, 0.25) is 0 Å². The summed E-state index contributed by atoms with van der Waals surface area (Å²) in [7, 11) is -17.4. The third-order valence-electron chi connectivity index (χ3n) is 7.43. The van der Waals surface area contributed by atoms with Crippen molar-refractivity contribution >= 4 is 75.1 Å². The number of hydrogen-bond acceptors (Lipinski definition) is 23. The molecule has 65 heavy (non-hydrogen) atoms. The molecule has 9 atom stereocenters. The number of nitrogens with one attached hydrogen (secondary N) is 2. The Hall–Kier alpha value is -0.820. The van der Waals surface area contributed by atoms with E-state index in [-0.39, 0.29) is 151 Å². The number of imidazole rings is 1. The first-order valence-corrected chi connectivity index (χ1v) is 21.0. The number of hydrogen-bond donors (Lipinski definition) is 6. The van der Waals surface area contributed by atoms with Gasteiger partial charge in [0.05, 0.1) is 31.4 Å². The van der Waals surface area contributed by atoms with Crippen LogP contribution in [0.15, 0.2) is 12.7 Å². The molecule has 0 spiro atoms. The van der Waals surface area contributed by atoms with Crippen molar-refractivity contribution in [1.82, 2.24) is 30.2 Å². The van der Waals surface area contributed by atoms with E-state index in [9.17, 15) is 67.8 Å². The van der Waals surface area contributed by atoms with Gasteiger partial charge in [-0.05, 0) is 6.92 Å². The second-order valence-corrected chi connectivity index (χ2v) is 17.4. The topological polar surface area (TPSA) is 601 Å². The molecule has 19 N–H and O–H groups in total. The van der Waals surface area contributed by atoms with Crippen LogP contribution < -0.4 is 112 Å². The molecule has 2 aromatic rings. The number of carboxylic acids is 1. The van der Waals surface area contributed by atoms with E-state index < -0.39 is 102 Å². The quantitative estimate of drug-likeness (QED) is 0.0293. The number of carbonyl (C=O) groups is 4. The van der Waals surface area contributed by atoms with Crippen LogP contribution in [-0.2, 0) is 55.5 Å². The molecule has 1 fully saturated rings. The van der Waals surface area contributed by atoms with Crippen molar-refractivity contribution in [3.05, 3.63) is 12.7 Å². The van der Waals surface area contributed by atoms with E-state index in [2.05, 4.69) is 43.5 Å². The van der Waals surface area contributed by atoms with E-state index in [1.54, 1.807) is 0 Å². The van der Waals surface area contributed by atoms with Crippen molar-refractivity contribution in [3.8, 4) is 0 Å². The van der Waals surface area contributed by atoms with Gasteiger partial charge in [0, 0.05) is 30.7 Å². The summed E-state index contributed by atoms with van der Waals surface area (Å²) in [4.78, 5) is 104. The summed E-state index contributed by atoms with van der Waals surface area (Å²) >= 11 is 0.676. The van der Waals surface area contributed by atoms with Gasteiger partial charge in [-0.3, -0.25) is 32.6 Å². The molecule has 2 aromatic heterocycles. The second kappa shape index (κ2) is 34.5. The minimum atomic E-state index is -5.92. The maximum Gasteiger partial charge on any atom is 1.00 e. The number of phosphoric acid groups is 3. The predicted octanol–water partition coefficient (Wildman–Crippen LogP) is -21.8. The summed E-state index contributed by atoms with van der Waals surface area (Å²) in [5.41, 5.74) is 4.03. The number of aliphatic carboxylic acids is 1. The van der Waals surface area contributed by atoms with E-state index in [0.29, 0.717) is 11.8 Å². The van der Waals surface area contributed by atoms with Gasteiger partial charge < -0.3 is 107 Å². The summed E-state index contributed by atoms with van der Waals surface area (Å²) in [5.74, 6) is -4.53. The minimum Gasteiger partial charge on any atom is -0.756 e. The maximum atomic E-state index is 12.5. The Labute approximate surface area is 421 Å². The van der Waals surface area contributed by atoms with Gasteiger partial charge in [0.25, 0.3) is 23.5 Å². The van der Waals surface area contributed by atoms with Crippen molar-refractivity contribution < 1.29 is 199 Å². The molecular formula is C25H48Li4N7O25P3S. The first kappa shape index (κ1) is 81.2. The number of aliphatic hydroxyl groups is 2. The van der Waals surface area contributed by atoms with Crippen LogP contribution in [-0.4, -0.2) is 147 Å². The summed E-state index contributed by atoms with van der Waals surface area (Å²) in [6, 6.07) is 0. The number of nitrogens with zero attached hydrogens (tertiary/aromatic N) is 4. The van der Waals surface area contributed by atoms with Gasteiger partial charge in [-0.25, -0.2) is 19.3 Å². The van der Waals surface area contributed by atoms with E-state index in [1.807, 2.05) is 0 Å². The van der Waals surface area contributed by atoms with Gasteiger partial charge in [-0.2, -0.15) is 0 Å². The van der Waals surface area contributed by atoms with Crippen LogP contribution in [0.5, 0.6) is 0 Å². The Balaban J connectivity index is -0.000000541. The summed E-state index contributed by atoms with van der Waals surface area (Å²) in [6.45, 7) is 0.888. The molecule has 358 valence electrons. The number of anilines is 1. The average Bonchev–Trinajstić information content (AvgIpc) is 3.64. The van der Waals surface area contributed by atoms with Crippen molar-refractivity contribution in [2.75, 3.05) is 37.8 Å². The van der Waals surface area contributed by atoms with Gasteiger partial charge in [0.2, 0.25) is 11.8 Å². The second-order valence-electron chi connectivity index (χ2n) is 12.2. The van der Waals surface area contributed by atoms with Gasteiger partial charge in [0.15, 0.2) is 22.8 Å². The summed E-state index contributed by atoms with van der Waals surface area (Å²) in [5, 5.41) is 36.0. The number of thioether (sulfide) groups is 1. The molecule has 1 saturated heterocycles. The van der Waals surface area contributed by atoms with Crippen LogP contribution in [0.25, 0.3) is 11.2 Å². The van der Waals surface area contributed by atoms with Crippen molar-refractivity contribution in [3.63, 3.8) is 0 Å². The molecule has 3 heterocycles. The molecule has 0 saturated carbocycles. The Morgan fingerprint density at radius 3 is 2.05 bits per heavy atom. The molecule has 1 aliphatic rings. The third kappa shape index (κ3) is 25.0. The smallest absolute Gasteiger partial charge is 0.756 e. The number of phosphoric ester groups is 3. The molecule has 0 aliphatic carbocycles. The van der Waals surface area contributed by atoms with Crippen LogP contribution >= 0.6 is 35.2 Å². The number of amides is 2. The third-order valence-corrected chi connectivity index (χ3v) is 11.5. The first-order chi connectivity index (χ1) is 25.3. The molecule has 0 bridgehead atoms. The largest absolute Gasteiger partial charge is 1.00 e. The fourth-order valence-corrected chi connectivity index (χ4v) is 7.98. The standard InChI is InChI=1S/C25H40N7O19P3S.4Li.6H2O/c1-12(23(37)38)24(39)55-7-6-27-14(33)4-5-28-21(36)18(35)25(2,3)9-48-54(45,46)51-53(43,44)47-8-13-17(50-52(40,41)42)16(34)22(49-13)32-11-31-15-19(26)29-10-30-20(15)32;;;;;;;;;;/h10-13,16-18,22,34-35H,4-9H2,1-3H3,(H,27,33)(H,28,36)(H,37,38)(H,43,44)(H,45,46)(H2,26,29,30)(H2,40,41,42);;;;;6*1H2/q;4*+1;;;;;;/p-4/t12?,13-,16-,17-,18+,22-;;;;;;;;;;/m1........../s1. The van der Waals surface area contributed by atoms with Crippen LogP contribution in [0.1, 0.15) is 33.4 Å². The van der Waals surface area contributed by atoms with Gasteiger partial charge in [-0.15, -0.1) is 0 Å². The minimum absolute atomic E-state index is 0. The molecule has 1 aliphatic heterocycles. The van der Waals surface area contributed by atoms with E-state index >= 15 is 0 Å². The molecular weight excluding hydrogens is 951 g/mol. The van der Waals surface area contributed by atoms with Crippen molar-refractivity contribution in [1.29, 1.82) is 0 Å². The Bertz CT molecular complexity index is 1890. The predicted molar refractivity (Wildman–Crippen MR) is 196 cm³/mol. The molecule has 32 nitrogen and oxygen atoms in total. The summed E-state index contributed by atoms with van der Waals surface area (Å²) in [6.07, 6.45) is -7.62. The summed E-state index contributed by atoms with van der Waals surface area (Å²) < 4.78 is 60.6. The van der Waals surface area contributed by atoms with E-state index in [0.717, 1.165) is 38.0 Å². The van der Waals surface area contributed by atoms with Gasteiger partial charge >= 0.3 is 75.4 Å². The number of ether oxygens (including phenoxy) is 1. The Kier molecular flexibility index (Phi) is 43.0. The van der Waals surface area contributed by atoms with Crippen molar-refractivity contribution in [2.24, 2.45) is 11.3 Å². The molecule has 0 aromatic carbocycles. The molecule has 40 heteroatoms. The molecule has 0 radical (unpaired) electrons. The molecule has 3 rings (SSSR count). The van der Waals surface area contributed by atoms with Crippen LogP contribution in [0.3, 0.4) is 0 Å². The average molecular weight is 999 g/mol. The zero-order chi connectivity index (χ0) is 41.5. The normalized spacial score (nSPS) is 19.6. The number of nitrogen functional groups attached to an aromatic ring is 1. The number of carbonyl (C=O) groups excluding carboxylic acids is 4. The monoisotopic (exact) mass is 999 g/mol. The maximum absolute atomic E-state index is 12.5. The fraction of sp³-hybridized carbons (Fsp3) is 0.640. The number of fused-ring (bicyclic) bond motifs is 1. The van der Waals surface area contributed by atoms with Gasteiger partial charge in [-0.1, -0.05) is 25.6 Å². The van der Waals surface area contributed by atoms with E-state index in [4.69, 9.17) is 10.5 Å².